The van der Waals surface area contributed by atoms with Crippen molar-refractivity contribution in [3.63, 3.8) is 0 Å². The zero-order chi connectivity index (χ0) is 19.4. The maximum Gasteiger partial charge on any atom is 0.263 e. The third-order valence-electron chi connectivity index (χ3n) is 5.08. The minimum atomic E-state index is -0.325. The summed E-state index contributed by atoms with van der Waals surface area (Å²) >= 11 is 1.22. The number of hydrogen-bond acceptors (Lipinski definition) is 5. The summed E-state index contributed by atoms with van der Waals surface area (Å²) in [6.07, 6.45) is 1.53. The molecular formula is C20H27FN4OS. The summed E-state index contributed by atoms with van der Waals surface area (Å²) in [4.78, 5) is 22.1. The first-order valence-electron chi connectivity index (χ1n) is 9.37. The third-order valence-corrected chi connectivity index (χ3v) is 6.11. The van der Waals surface area contributed by atoms with Crippen LogP contribution in [-0.4, -0.2) is 66.5 Å². The van der Waals surface area contributed by atoms with Gasteiger partial charge in [-0.05, 0) is 25.1 Å². The van der Waals surface area contributed by atoms with Crippen molar-refractivity contribution in [3.05, 3.63) is 41.2 Å². The molecule has 1 fully saturated rings. The molecule has 0 saturated carbocycles. The van der Waals surface area contributed by atoms with Crippen molar-refractivity contribution in [1.82, 2.24) is 20.1 Å². The zero-order valence-electron chi connectivity index (χ0n) is 16.1. The average molecular weight is 391 g/mol. The van der Waals surface area contributed by atoms with Crippen molar-refractivity contribution in [2.75, 3.05) is 39.8 Å². The molecule has 0 bridgehead atoms. The molecule has 1 saturated heterocycles. The summed E-state index contributed by atoms with van der Waals surface area (Å²) in [7, 11) is 2.14. The molecular weight excluding hydrogens is 363 g/mol. The number of amides is 1. The molecule has 146 valence electrons. The molecule has 1 aromatic heterocycles. The van der Waals surface area contributed by atoms with Gasteiger partial charge in [-0.15, -0.1) is 11.3 Å². The van der Waals surface area contributed by atoms with E-state index >= 15 is 0 Å². The molecule has 5 nitrogen and oxygen atoms in total. The lowest BCUT2D eigenvalue weighted by Crippen LogP contribution is -2.54. The Morgan fingerprint density at radius 2 is 1.96 bits per heavy atom. The van der Waals surface area contributed by atoms with E-state index in [2.05, 4.69) is 41.0 Å². The van der Waals surface area contributed by atoms with Crippen LogP contribution in [0.3, 0.4) is 0 Å². The first-order chi connectivity index (χ1) is 13.0. The molecule has 0 spiro atoms. The monoisotopic (exact) mass is 390 g/mol. The van der Waals surface area contributed by atoms with Crippen LogP contribution >= 0.6 is 11.3 Å². The summed E-state index contributed by atoms with van der Waals surface area (Å²) < 4.78 is 13.9. The fourth-order valence-corrected chi connectivity index (χ4v) is 4.22. The highest BCUT2D eigenvalue weighted by molar-refractivity contribution is 7.16. The topological polar surface area (TPSA) is 48.5 Å². The van der Waals surface area contributed by atoms with E-state index in [4.69, 9.17) is 0 Å². The van der Waals surface area contributed by atoms with E-state index in [1.165, 1.54) is 23.6 Å². The van der Waals surface area contributed by atoms with Crippen molar-refractivity contribution in [2.45, 2.75) is 19.9 Å². The van der Waals surface area contributed by atoms with Crippen molar-refractivity contribution < 1.29 is 9.18 Å². The second-order valence-corrected chi connectivity index (χ2v) is 8.40. The summed E-state index contributed by atoms with van der Waals surface area (Å²) in [6.45, 7) is 9.14. The Balaban J connectivity index is 1.62. The van der Waals surface area contributed by atoms with E-state index in [9.17, 15) is 9.18 Å². The lowest BCUT2D eigenvalue weighted by Gasteiger charge is -2.39. The van der Waals surface area contributed by atoms with Crippen LogP contribution in [0.15, 0.2) is 30.5 Å². The van der Waals surface area contributed by atoms with E-state index in [0.717, 1.165) is 26.2 Å². The van der Waals surface area contributed by atoms with Crippen LogP contribution in [0.5, 0.6) is 0 Å². The highest BCUT2D eigenvalue weighted by Crippen LogP contribution is 2.27. The standard InChI is InChI=1S/C20H27FN4OS/c1-14(2)17(25-10-8-24(3)9-11-25)12-22-19(26)18-13-23-20(27-18)15-6-4-5-7-16(15)21/h4-7,13-14,17H,8-12H2,1-3H3,(H,22,26). The number of carbonyl (C=O) groups is 1. The van der Waals surface area contributed by atoms with Gasteiger partial charge < -0.3 is 10.2 Å². The molecule has 1 atom stereocenters. The quantitative estimate of drug-likeness (QED) is 0.824. The lowest BCUT2D eigenvalue weighted by atomic mass is 10.0. The number of nitrogens with one attached hydrogen (secondary N) is 1. The molecule has 1 N–H and O–H groups in total. The SMILES string of the molecule is CC(C)C(CNC(=O)c1cnc(-c2ccccc2F)s1)N1CCN(C)CC1. The highest BCUT2D eigenvalue weighted by atomic mass is 32.1. The number of piperazine rings is 1. The number of benzene rings is 1. The number of carbonyl (C=O) groups excluding carboxylic acids is 1. The van der Waals surface area contributed by atoms with Crippen LogP contribution in [0.1, 0.15) is 23.5 Å². The molecule has 1 aliphatic heterocycles. The molecule has 7 heteroatoms. The summed E-state index contributed by atoms with van der Waals surface area (Å²) in [6, 6.07) is 6.80. The number of rotatable bonds is 6. The Hall–Kier alpha value is -1.83. The van der Waals surface area contributed by atoms with Crippen LogP contribution in [0.25, 0.3) is 10.6 Å². The summed E-state index contributed by atoms with van der Waals surface area (Å²) in [5.74, 6) is -0.0206. The van der Waals surface area contributed by atoms with Crippen molar-refractivity contribution in [2.24, 2.45) is 5.92 Å². The minimum Gasteiger partial charge on any atom is -0.350 e. The molecule has 1 amide bonds. The first kappa shape index (κ1) is 19.9. The molecule has 2 aromatic rings. The number of nitrogens with zero attached hydrogens (tertiary/aromatic N) is 3. The smallest absolute Gasteiger partial charge is 0.263 e. The molecule has 3 rings (SSSR count). The fourth-order valence-electron chi connectivity index (χ4n) is 3.36. The Morgan fingerprint density at radius 3 is 2.63 bits per heavy atom. The number of likely N-dealkylation sites (N-methyl/N-ethyl adjacent to an activating group) is 1. The van der Waals surface area contributed by atoms with Gasteiger partial charge in [0.2, 0.25) is 0 Å². The maximum absolute atomic E-state index is 13.9. The van der Waals surface area contributed by atoms with Crippen LogP contribution in [0.4, 0.5) is 4.39 Å². The predicted molar refractivity (Wildman–Crippen MR) is 108 cm³/mol. The van der Waals surface area contributed by atoms with Crippen LogP contribution in [-0.2, 0) is 0 Å². The van der Waals surface area contributed by atoms with E-state index in [1.54, 1.807) is 18.2 Å². The summed E-state index contributed by atoms with van der Waals surface area (Å²) in [5.41, 5.74) is 0.430. The van der Waals surface area contributed by atoms with Gasteiger partial charge in [0.1, 0.15) is 15.7 Å². The zero-order valence-corrected chi connectivity index (χ0v) is 16.9. The molecule has 1 aliphatic rings. The van der Waals surface area contributed by atoms with Crippen molar-refractivity contribution in [1.29, 1.82) is 0 Å². The fraction of sp³-hybridized carbons (Fsp3) is 0.500. The number of thiazole rings is 1. The van der Waals surface area contributed by atoms with Gasteiger partial charge in [0.25, 0.3) is 5.91 Å². The molecule has 1 unspecified atom stereocenters. The number of hydrogen-bond donors (Lipinski definition) is 1. The van der Waals surface area contributed by atoms with Gasteiger partial charge in [0.05, 0.1) is 6.20 Å². The van der Waals surface area contributed by atoms with Gasteiger partial charge in [-0.3, -0.25) is 9.69 Å². The maximum atomic E-state index is 13.9. The molecule has 2 heterocycles. The van der Waals surface area contributed by atoms with Crippen LogP contribution in [0, 0.1) is 11.7 Å². The molecule has 0 aliphatic carbocycles. The van der Waals surface area contributed by atoms with E-state index in [1.807, 2.05) is 0 Å². The molecule has 0 radical (unpaired) electrons. The number of halogens is 1. The normalized spacial score (nSPS) is 17.2. The molecule has 1 aromatic carbocycles. The number of aromatic nitrogens is 1. The van der Waals surface area contributed by atoms with Gasteiger partial charge in [-0.2, -0.15) is 0 Å². The molecule has 27 heavy (non-hydrogen) atoms. The Morgan fingerprint density at radius 1 is 1.26 bits per heavy atom. The van der Waals surface area contributed by atoms with Gasteiger partial charge >= 0.3 is 0 Å². The lowest BCUT2D eigenvalue weighted by molar-refractivity contribution is 0.0793. The highest BCUT2D eigenvalue weighted by Gasteiger charge is 2.25. The van der Waals surface area contributed by atoms with Crippen LogP contribution in [0.2, 0.25) is 0 Å². The van der Waals surface area contributed by atoms with Gasteiger partial charge in [0, 0.05) is 44.3 Å². The van der Waals surface area contributed by atoms with Crippen molar-refractivity contribution in [3.8, 4) is 10.6 Å². The third kappa shape index (κ3) is 4.91. The largest absolute Gasteiger partial charge is 0.350 e. The second-order valence-electron chi connectivity index (χ2n) is 7.37. The van der Waals surface area contributed by atoms with Crippen LogP contribution < -0.4 is 5.32 Å². The Kier molecular flexibility index (Phi) is 6.57. The first-order valence-corrected chi connectivity index (χ1v) is 10.2. The van der Waals surface area contributed by atoms with E-state index in [0.29, 0.717) is 34.0 Å². The average Bonchev–Trinajstić information content (AvgIpc) is 3.13. The predicted octanol–water partition coefficient (Wildman–Crippen LogP) is 2.95. The van der Waals surface area contributed by atoms with Gasteiger partial charge in [-0.1, -0.05) is 26.0 Å². The Bertz CT molecular complexity index is 771. The minimum absolute atomic E-state index is 0.144. The van der Waals surface area contributed by atoms with Gasteiger partial charge in [-0.25, -0.2) is 9.37 Å². The Labute approximate surface area is 164 Å². The van der Waals surface area contributed by atoms with E-state index < -0.39 is 0 Å². The van der Waals surface area contributed by atoms with Gasteiger partial charge in [0.15, 0.2) is 0 Å². The van der Waals surface area contributed by atoms with Crippen molar-refractivity contribution >= 4 is 17.2 Å². The second kappa shape index (κ2) is 8.91. The summed E-state index contributed by atoms with van der Waals surface area (Å²) in [5, 5.41) is 3.58. The van der Waals surface area contributed by atoms with E-state index in [-0.39, 0.29) is 11.7 Å².